The third-order valence-electron chi connectivity index (χ3n) is 3.86. The lowest BCUT2D eigenvalue weighted by molar-refractivity contribution is 0.0697. The molecule has 0 radical (unpaired) electrons. The Morgan fingerprint density at radius 2 is 2.00 bits per heavy atom. The number of hydrogen-bond donors (Lipinski definition) is 1. The van der Waals surface area contributed by atoms with E-state index in [9.17, 15) is 4.79 Å². The van der Waals surface area contributed by atoms with Crippen molar-refractivity contribution in [1.82, 2.24) is 0 Å². The number of rotatable bonds is 2. The average Bonchev–Trinajstić information content (AvgIpc) is 2.91. The van der Waals surface area contributed by atoms with Crippen LogP contribution in [0.4, 0.5) is 5.69 Å². The van der Waals surface area contributed by atoms with Crippen LogP contribution >= 0.6 is 0 Å². The number of benzene rings is 1. The average molecular weight is 217 g/mol. The smallest absolute Gasteiger partial charge is 0.335 e. The zero-order chi connectivity index (χ0) is 11.1. The molecule has 0 unspecified atom stereocenters. The molecular formula is C13H15NO2. The van der Waals surface area contributed by atoms with Crippen LogP contribution in [0.1, 0.15) is 29.6 Å². The van der Waals surface area contributed by atoms with Gasteiger partial charge < -0.3 is 10.0 Å². The van der Waals surface area contributed by atoms with Crippen LogP contribution in [0.25, 0.3) is 0 Å². The first-order valence-electron chi connectivity index (χ1n) is 5.84. The van der Waals surface area contributed by atoms with Crippen LogP contribution in [-0.2, 0) is 0 Å². The fourth-order valence-corrected chi connectivity index (χ4v) is 3.04. The van der Waals surface area contributed by atoms with Crippen molar-refractivity contribution in [2.24, 2.45) is 5.92 Å². The van der Waals surface area contributed by atoms with E-state index in [1.54, 1.807) is 12.1 Å². The van der Waals surface area contributed by atoms with Gasteiger partial charge in [-0.3, -0.25) is 0 Å². The van der Waals surface area contributed by atoms with Crippen molar-refractivity contribution >= 4 is 11.7 Å². The van der Waals surface area contributed by atoms with Crippen molar-refractivity contribution in [2.75, 3.05) is 11.4 Å². The van der Waals surface area contributed by atoms with Gasteiger partial charge >= 0.3 is 5.97 Å². The summed E-state index contributed by atoms with van der Waals surface area (Å²) >= 11 is 0. The molecule has 2 aliphatic rings. The maximum Gasteiger partial charge on any atom is 0.335 e. The number of fused-ring (bicyclic) bond motifs is 2. The third kappa shape index (κ3) is 1.47. The standard InChI is InChI=1S/C13H15NO2/c15-13(16)10-2-5-11(6-3-10)14-8-9-1-4-12(14)7-9/h2-3,5-6,9,12H,1,4,7-8H2,(H,15,16)/t9-,12-/m0/s1. The molecule has 1 saturated heterocycles. The lowest BCUT2D eigenvalue weighted by Crippen LogP contribution is -2.31. The number of nitrogens with zero attached hydrogens (tertiary/aromatic N) is 1. The Kier molecular flexibility index (Phi) is 2.13. The van der Waals surface area contributed by atoms with E-state index in [1.807, 2.05) is 12.1 Å². The minimum Gasteiger partial charge on any atom is -0.478 e. The second-order valence-electron chi connectivity index (χ2n) is 4.84. The van der Waals surface area contributed by atoms with Crippen LogP contribution in [0.15, 0.2) is 24.3 Å². The fraction of sp³-hybridized carbons (Fsp3) is 0.462. The van der Waals surface area contributed by atoms with E-state index in [2.05, 4.69) is 4.90 Å². The van der Waals surface area contributed by atoms with Gasteiger partial charge in [0, 0.05) is 18.3 Å². The second kappa shape index (κ2) is 3.51. The normalized spacial score (nSPS) is 27.4. The Labute approximate surface area is 94.7 Å². The number of anilines is 1. The van der Waals surface area contributed by atoms with Gasteiger partial charge in [0.1, 0.15) is 0 Å². The molecule has 0 amide bonds. The van der Waals surface area contributed by atoms with Crippen molar-refractivity contribution in [3.8, 4) is 0 Å². The van der Waals surface area contributed by atoms with Crippen LogP contribution in [0.3, 0.4) is 0 Å². The first-order valence-corrected chi connectivity index (χ1v) is 5.84. The second-order valence-corrected chi connectivity index (χ2v) is 4.84. The van der Waals surface area contributed by atoms with Crippen LogP contribution < -0.4 is 4.90 Å². The van der Waals surface area contributed by atoms with E-state index < -0.39 is 5.97 Å². The Balaban J connectivity index is 1.82. The molecule has 3 rings (SSSR count). The number of hydrogen-bond acceptors (Lipinski definition) is 2. The summed E-state index contributed by atoms with van der Waals surface area (Å²) in [5, 5.41) is 8.83. The van der Waals surface area contributed by atoms with Gasteiger partial charge in [-0.05, 0) is 49.4 Å². The summed E-state index contributed by atoms with van der Waals surface area (Å²) in [4.78, 5) is 13.2. The molecule has 3 heteroatoms. The Morgan fingerprint density at radius 1 is 1.25 bits per heavy atom. The first-order chi connectivity index (χ1) is 7.74. The van der Waals surface area contributed by atoms with Crippen molar-refractivity contribution in [3.63, 3.8) is 0 Å². The van der Waals surface area contributed by atoms with Crippen molar-refractivity contribution < 1.29 is 9.90 Å². The summed E-state index contributed by atoms with van der Waals surface area (Å²) in [5.74, 6) is 0.0126. The molecule has 1 aliphatic heterocycles. The minimum atomic E-state index is -0.852. The highest BCUT2D eigenvalue weighted by atomic mass is 16.4. The third-order valence-corrected chi connectivity index (χ3v) is 3.86. The van der Waals surface area contributed by atoms with E-state index in [0.29, 0.717) is 11.6 Å². The summed E-state index contributed by atoms with van der Waals surface area (Å²) in [6.45, 7) is 1.15. The van der Waals surface area contributed by atoms with Gasteiger partial charge in [0.2, 0.25) is 0 Å². The lowest BCUT2D eigenvalue weighted by atomic mass is 10.1. The summed E-state index contributed by atoms with van der Waals surface area (Å²) in [5.41, 5.74) is 1.55. The zero-order valence-corrected chi connectivity index (χ0v) is 9.10. The monoisotopic (exact) mass is 217 g/mol. The Bertz CT molecular complexity index is 412. The van der Waals surface area contributed by atoms with E-state index in [1.165, 1.54) is 24.9 Å². The number of piperidine rings is 1. The zero-order valence-electron chi connectivity index (χ0n) is 9.10. The number of aromatic carboxylic acids is 1. The predicted molar refractivity (Wildman–Crippen MR) is 61.9 cm³/mol. The van der Waals surface area contributed by atoms with Crippen LogP contribution in [-0.4, -0.2) is 23.7 Å². The minimum absolute atomic E-state index is 0.369. The van der Waals surface area contributed by atoms with E-state index in [0.717, 1.165) is 12.5 Å². The van der Waals surface area contributed by atoms with Gasteiger partial charge in [-0.1, -0.05) is 0 Å². The molecule has 1 aromatic rings. The molecule has 84 valence electrons. The SMILES string of the molecule is O=C(O)c1ccc(N2C[C@H]3CC[C@H]2C3)cc1. The summed E-state index contributed by atoms with van der Waals surface area (Å²) in [6, 6.07) is 7.96. The molecule has 3 nitrogen and oxygen atoms in total. The topological polar surface area (TPSA) is 40.5 Å². The molecule has 1 aromatic carbocycles. The highest BCUT2D eigenvalue weighted by Crippen LogP contribution is 2.40. The lowest BCUT2D eigenvalue weighted by Gasteiger charge is -2.29. The van der Waals surface area contributed by atoms with Gasteiger partial charge in [-0.2, -0.15) is 0 Å². The van der Waals surface area contributed by atoms with Gasteiger partial charge in [0.15, 0.2) is 0 Å². The molecule has 0 aromatic heterocycles. The van der Waals surface area contributed by atoms with Crippen molar-refractivity contribution in [3.05, 3.63) is 29.8 Å². The molecule has 2 atom stereocenters. The number of carbonyl (C=O) groups is 1. The summed E-state index contributed by atoms with van der Waals surface area (Å²) in [6.07, 6.45) is 3.99. The predicted octanol–water partition coefficient (Wildman–Crippen LogP) is 2.37. The quantitative estimate of drug-likeness (QED) is 0.826. The van der Waals surface area contributed by atoms with Crippen LogP contribution in [0.5, 0.6) is 0 Å². The number of carboxylic acid groups (broad SMARTS) is 1. The van der Waals surface area contributed by atoms with Gasteiger partial charge in [0.05, 0.1) is 5.56 Å². The van der Waals surface area contributed by atoms with E-state index in [-0.39, 0.29) is 0 Å². The fourth-order valence-electron chi connectivity index (χ4n) is 3.04. The molecule has 1 heterocycles. The molecule has 1 saturated carbocycles. The summed E-state index contributed by atoms with van der Waals surface area (Å²) < 4.78 is 0. The molecule has 0 spiro atoms. The largest absolute Gasteiger partial charge is 0.478 e. The maximum atomic E-state index is 10.7. The van der Waals surface area contributed by atoms with Gasteiger partial charge in [-0.15, -0.1) is 0 Å². The highest BCUT2D eigenvalue weighted by molar-refractivity contribution is 5.88. The Hall–Kier alpha value is -1.51. The summed E-state index contributed by atoms with van der Waals surface area (Å²) in [7, 11) is 0. The van der Waals surface area contributed by atoms with Gasteiger partial charge in [0.25, 0.3) is 0 Å². The highest BCUT2D eigenvalue weighted by Gasteiger charge is 2.37. The van der Waals surface area contributed by atoms with Crippen LogP contribution in [0, 0.1) is 5.92 Å². The first kappa shape index (κ1) is 9.70. The maximum absolute atomic E-state index is 10.7. The van der Waals surface area contributed by atoms with Gasteiger partial charge in [-0.25, -0.2) is 4.79 Å². The molecule has 2 bridgehead atoms. The van der Waals surface area contributed by atoms with E-state index >= 15 is 0 Å². The number of carboxylic acids is 1. The van der Waals surface area contributed by atoms with Crippen molar-refractivity contribution in [2.45, 2.75) is 25.3 Å². The van der Waals surface area contributed by atoms with E-state index in [4.69, 9.17) is 5.11 Å². The van der Waals surface area contributed by atoms with Crippen molar-refractivity contribution in [1.29, 1.82) is 0 Å². The molecular weight excluding hydrogens is 202 g/mol. The molecule has 1 aliphatic carbocycles. The Morgan fingerprint density at radius 3 is 2.50 bits per heavy atom. The molecule has 16 heavy (non-hydrogen) atoms. The molecule has 2 fully saturated rings. The van der Waals surface area contributed by atoms with Crippen LogP contribution in [0.2, 0.25) is 0 Å². The molecule has 1 N–H and O–H groups in total.